The van der Waals surface area contributed by atoms with E-state index in [1.165, 1.54) is 12.1 Å². The Balaban J connectivity index is 1.38. The van der Waals surface area contributed by atoms with Crippen molar-refractivity contribution < 1.29 is 9.13 Å². The van der Waals surface area contributed by atoms with Crippen molar-refractivity contribution in [2.75, 3.05) is 29.6 Å². The number of hydrogen-bond donors (Lipinski definition) is 3. The summed E-state index contributed by atoms with van der Waals surface area (Å²) < 4.78 is 18.7. The maximum Gasteiger partial charge on any atom is 0.235 e. The van der Waals surface area contributed by atoms with Crippen molar-refractivity contribution in [2.45, 2.75) is 18.9 Å². The molecule has 10 heteroatoms. The Morgan fingerprint density at radius 1 is 1.12 bits per heavy atom. The van der Waals surface area contributed by atoms with Crippen LogP contribution in [0.2, 0.25) is 0 Å². The molecule has 5 rings (SSSR count). The molecule has 0 saturated carbocycles. The Morgan fingerprint density at radius 2 is 1.97 bits per heavy atom. The zero-order valence-electron chi connectivity index (χ0n) is 18.0. The summed E-state index contributed by atoms with van der Waals surface area (Å²) in [6.07, 6.45) is 1.89. The second-order valence-electron chi connectivity index (χ2n) is 7.74. The van der Waals surface area contributed by atoms with Gasteiger partial charge in [0.2, 0.25) is 17.8 Å². The van der Waals surface area contributed by atoms with Crippen molar-refractivity contribution in [3.63, 3.8) is 0 Å². The minimum atomic E-state index is -0.258. The third kappa shape index (κ3) is 4.40. The molecule has 0 aliphatic carbocycles. The van der Waals surface area contributed by atoms with Gasteiger partial charge in [-0.15, -0.1) is 0 Å². The number of benzene rings is 2. The summed E-state index contributed by atoms with van der Waals surface area (Å²) in [7, 11) is 1.63. The maximum atomic E-state index is 13.4. The van der Waals surface area contributed by atoms with Crippen molar-refractivity contribution in [2.24, 2.45) is 0 Å². The summed E-state index contributed by atoms with van der Waals surface area (Å²) in [6.45, 7) is 0.771. The molecule has 2 aromatic carbocycles. The van der Waals surface area contributed by atoms with Crippen molar-refractivity contribution in [1.29, 1.82) is 0 Å². The highest BCUT2D eigenvalue weighted by atomic mass is 19.1. The Bertz CT molecular complexity index is 1260. The molecule has 1 atom stereocenters. The summed E-state index contributed by atoms with van der Waals surface area (Å²) >= 11 is 0. The van der Waals surface area contributed by atoms with Crippen LogP contribution in [-0.4, -0.2) is 38.8 Å². The molecule has 0 radical (unpaired) electrons. The maximum absolute atomic E-state index is 13.4. The van der Waals surface area contributed by atoms with Crippen LogP contribution in [0.4, 0.5) is 28.1 Å². The Hall–Kier alpha value is -4.21. The molecule has 0 bridgehead atoms. The lowest BCUT2D eigenvalue weighted by Crippen LogP contribution is -2.25. The number of halogens is 1. The lowest BCUT2D eigenvalue weighted by atomic mass is 10.0. The van der Waals surface area contributed by atoms with Crippen LogP contribution < -0.4 is 20.7 Å². The molecule has 1 aliphatic rings. The number of nitrogens with one attached hydrogen (secondary N) is 2. The van der Waals surface area contributed by atoms with Crippen LogP contribution in [0.1, 0.15) is 24.4 Å². The molecule has 2 aromatic heterocycles. The number of aromatic nitrogens is 5. The molecule has 33 heavy (non-hydrogen) atoms. The average molecular weight is 446 g/mol. The molecule has 0 amide bonds. The molecular weight excluding hydrogens is 423 g/mol. The van der Waals surface area contributed by atoms with E-state index in [0.717, 1.165) is 42.0 Å². The number of methoxy groups -OCH3 is 1. The third-order valence-electron chi connectivity index (χ3n) is 5.60. The Kier molecular flexibility index (Phi) is 5.47. The number of rotatable bonds is 6. The van der Waals surface area contributed by atoms with Crippen LogP contribution in [0.3, 0.4) is 0 Å². The van der Waals surface area contributed by atoms with Crippen molar-refractivity contribution >= 4 is 23.7 Å². The topological polar surface area (TPSA) is 118 Å². The van der Waals surface area contributed by atoms with Gasteiger partial charge >= 0.3 is 0 Å². The lowest BCUT2D eigenvalue weighted by molar-refractivity contribution is 0.415. The number of aromatic amines is 1. The fraction of sp³-hybridized carbons (Fsp3) is 0.217. The highest BCUT2D eigenvalue weighted by Gasteiger charge is 2.29. The van der Waals surface area contributed by atoms with Gasteiger partial charge in [-0.2, -0.15) is 20.1 Å². The Morgan fingerprint density at radius 3 is 2.79 bits per heavy atom. The molecule has 1 aliphatic heterocycles. The summed E-state index contributed by atoms with van der Waals surface area (Å²) in [4.78, 5) is 15.2. The average Bonchev–Trinajstić information content (AvgIpc) is 3.49. The molecular formula is C23H23FN8O. The first-order valence-electron chi connectivity index (χ1n) is 10.6. The molecule has 4 aromatic rings. The quantitative estimate of drug-likeness (QED) is 0.406. The summed E-state index contributed by atoms with van der Waals surface area (Å²) in [5.41, 5.74) is 8.75. The summed E-state index contributed by atoms with van der Waals surface area (Å²) in [6, 6.07) is 16.1. The molecule has 0 spiro atoms. The van der Waals surface area contributed by atoms with Crippen molar-refractivity contribution in [1.82, 2.24) is 25.1 Å². The first kappa shape index (κ1) is 20.7. The van der Waals surface area contributed by atoms with Crippen LogP contribution in [0.5, 0.6) is 5.75 Å². The number of anilines is 4. The van der Waals surface area contributed by atoms with Gasteiger partial charge in [-0.25, -0.2) is 4.39 Å². The van der Waals surface area contributed by atoms with E-state index >= 15 is 0 Å². The molecule has 1 fully saturated rings. The second kappa shape index (κ2) is 8.73. The largest absolute Gasteiger partial charge is 0.497 e. The second-order valence-corrected chi connectivity index (χ2v) is 7.74. The van der Waals surface area contributed by atoms with Gasteiger partial charge in [-0.3, -0.25) is 5.10 Å². The van der Waals surface area contributed by atoms with Gasteiger partial charge in [0.05, 0.1) is 18.8 Å². The predicted molar refractivity (Wildman–Crippen MR) is 124 cm³/mol. The molecule has 1 saturated heterocycles. The van der Waals surface area contributed by atoms with Crippen molar-refractivity contribution in [3.05, 3.63) is 66.0 Å². The van der Waals surface area contributed by atoms with Gasteiger partial charge in [-0.05, 0) is 42.7 Å². The van der Waals surface area contributed by atoms with Gasteiger partial charge < -0.3 is 20.7 Å². The molecule has 9 nitrogen and oxygen atoms in total. The SMILES string of the molecule is COc1cccc(-c2cc(Nc3nc(N)nc(N4CCCC4c4ccc(F)cc4)n3)n[nH]2)c1. The Labute approximate surface area is 189 Å². The minimum Gasteiger partial charge on any atom is -0.497 e. The van der Waals surface area contributed by atoms with Gasteiger partial charge in [0.15, 0.2) is 5.82 Å². The van der Waals surface area contributed by atoms with Gasteiger partial charge in [0.1, 0.15) is 11.6 Å². The number of nitrogens with two attached hydrogens (primary N) is 1. The number of hydrogen-bond acceptors (Lipinski definition) is 8. The number of nitrogen functional groups attached to an aromatic ring is 1. The summed E-state index contributed by atoms with van der Waals surface area (Å²) in [5.74, 6) is 1.92. The van der Waals surface area contributed by atoms with E-state index in [1.54, 1.807) is 19.2 Å². The molecule has 4 N–H and O–H groups in total. The zero-order valence-corrected chi connectivity index (χ0v) is 18.0. The first-order valence-corrected chi connectivity index (χ1v) is 10.6. The molecule has 168 valence electrons. The van der Waals surface area contributed by atoms with E-state index in [4.69, 9.17) is 10.5 Å². The number of nitrogens with zero attached hydrogens (tertiary/aromatic N) is 5. The fourth-order valence-corrected chi connectivity index (χ4v) is 4.04. The molecule has 3 heterocycles. The normalized spacial score (nSPS) is 15.6. The van der Waals surface area contributed by atoms with E-state index in [2.05, 4.69) is 35.4 Å². The fourth-order valence-electron chi connectivity index (χ4n) is 4.04. The van der Waals surface area contributed by atoms with Crippen LogP contribution in [-0.2, 0) is 0 Å². The third-order valence-corrected chi connectivity index (χ3v) is 5.60. The van der Waals surface area contributed by atoms with Crippen LogP contribution in [0, 0.1) is 5.82 Å². The zero-order chi connectivity index (χ0) is 22.8. The van der Waals surface area contributed by atoms with E-state index in [1.807, 2.05) is 30.3 Å². The number of H-pyrrole nitrogens is 1. The van der Waals surface area contributed by atoms with Crippen molar-refractivity contribution in [3.8, 4) is 17.0 Å². The van der Waals surface area contributed by atoms with E-state index in [0.29, 0.717) is 17.7 Å². The van der Waals surface area contributed by atoms with E-state index in [9.17, 15) is 4.39 Å². The standard InChI is InChI=1S/C23H23FN8O/c1-33-17-5-2-4-15(12-17)18-13-20(31-30-18)26-22-27-21(25)28-23(29-22)32-11-3-6-19(32)14-7-9-16(24)10-8-14/h2,4-5,7-10,12-13,19H,3,6,11H2,1H3,(H4,25,26,27,28,29,30,31). The van der Waals surface area contributed by atoms with E-state index < -0.39 is 0 Å². The van der Waals surface area contributed by atoms with Gasteiger partial charge in [0, 0.05) is 18.2 Å². The number of ether oxygens (including phenoxy) is 1. The molecule has 1 unspecified atom stereocenters. The highest BCUT2D eigenvalue weighted by molar-refractivity contribution is 5.66. The van der Waals surface area contributed by atoms with Gasteiger partial charge in [0.25, 0.3) is 0 Å². The lowest BCUT2D eigenvalue weighted by Gasteiger charge is -2.25. The smallest absolute Gasteiger partial charge is 0.235 e. The van der Waals surface area contributed by atoms with Crippen LogP contribution in [0.15, 0.2) is 54.6 Å². The van der Waals surface area contributed by atoms with Gasteiger partial charge in [-0.1, -0.05) is 24.3 Å². The monoisotopic (exact) mass is 446 g/mol. The first-order chi connectivity index (χ1) is 16.1. The predicted octanol–water partition coefficient (Wildman–Crippen LogP) is 4.08. The summed E-state index contributed by atoms with van der Waals surface area (Å²) in [5, 5.41) is 10.4. The van der Waals surface area contributed by atoms with E-state index in [-0.39, 0.29) is 17.8 Å². The van der Waals surface area contributed by atoms with Crippen LogP contribution >= 0.6 is 0 Å². The van der Waals surface area contributed by atoms with Crippen LogP contribution in [0.25, 0.3) is 11.3 Å². The highest BCUT2D eigenvalue weighted by Crippen LogP contribution is 2.35. The minimum absolute atomic E-state index is 0.0466.